The second-order valence-electron chi connectivity index (χ2n) is 13.0. The number of carbonyl (C=O) groups is 1. The number of ether oxygens (including phenoxy) is 2. The first-order valence-corrected chi connectivity index (χ1v) is 15.0. The average molecular weight is 533 g/mol. The van der Waals surface area contributed by atoms with Gasteiger partial charge < -0.3 is 14.6 Å². The van der Waals surface area contributed by atoms with Crippen LogP contribution >= 0.6 is 23.5 Å². The number of hydrogen-bond donors (Lipinski definition) is 1. The van der Waals surface area contributed by atoms with Crippen LogP contribution in [-0.4, -0.2) is 38.6 Å². The molecule has 1 aliphatic heterocycles. The number of rotatable bonds is 6. The van der Waals surface area contributed by atoms with Crippen LogP contribution in [0.5, 0.6) is 0 Å². The minimum Gasteiger partial charge on any atom is -0.388 e. The Kier molecular flexibility index (Phi) is 7.90. The lowest BCUT2D eigenvalue weighted by Crippen LogP contribution is -2.42. The fourth-order valence-electron chi connectivity index (χ4n) is 6.60. The highest BCUT2D eigenvalue weighted by molar-refractivity contribution is 8.14. The zero-order chi connectivity index (χ0) is 26.5. The van der Waals surface area contributed by atoms with Gasteiger partial charge in [-0.1, -0.05) is 75.0 Å². The zero-order valence-corrected chi connectivity index (χ0v) is 24.9. The highest BCUT2D eigenvalue weighted by Gasteiger charge is 2.55. The minimum atomic E-state index is -0.655. The maximum atomic E-state index is 14.0. The number of aliphatic hydroxyl groups is 1. The van der Waals surface area contributed by atoms with Gasteiger partial charge in [-0.3, -0.25) is 4.79 Å². The van der Waals surface area contributed by atoms with Crippen LogP contribution in [0.2, 0.25) is 0 Å². The average Bonchev–Trinajstić information content (AvgIpc) is 3.19. The van der Waals surface area contributed by atoms with E-state index in [0.717, 1.165) is 35.5 Å². The number of thioether (sulfide) groups is 2. The summed E-state index contributed by atoms with van der Waals surface area (Å²) in [7, 11) is 0. The summed E-state index contributed by atoms with van der Waals surface area (Å²) in [5, 5.41) is 11.3. The van der Waals surface area contributed by atoms with E-state index in [9.17, 15) is 9.90 Å². The monoisotopic (exact) mass is 532 g/mol. The van der Waals surface area contributed by atoms with E-state index in [1.54, 1.807) is 11.8 Å². The highest BCUT2D eigenvalue weighted by atomic mass is 32.2. The number of hydrogen-bond acceptors (Lipinski definition) is 6. The van der Waals surface area contributed by atoms with Gasteiger partial charge >= 0.3 is 0 Å². The molecule has 1 saturated heterocycles. The molecule has 2 aliphatic carbocycles. The number of carbonyl (C=O) groups excluding carboxylic acids is 1. The molecule has 5 atom stereocenters. The topological polar surface area (TPSA) is 55.8 Å². The Bertz CT molecular complexity index is 994. The van der Waals surface area contributed by atoms with E-state index in [-0.39, 0.29) is 33.2 Å². The number of fused-ring (bicyclic) bond motifs is 1. The summed E-state index contributed by atoms with van der Waals surface area (Å²) >= 11 is 3.18. The first-order valence-electron chi connectivity index (χ1n) is 13.4. The van der Waals surface area contributed by atoms with E-state index < -0.39 is 17.5 Å². The summed E-state index contributed by atoms with van der Waals surface area (Å²) in [4.78, 5) is 16.2. The summed E-state index contributed by atoms with van der Waals surface area (Å²) in [5.41, 5.74) is 0.805. The van der Waals surface area contributed by atoms with Gasteiger partial charge in [-0.2, -0.15) is 0 Å². The molecule has 1 saturated carbocycles. The molecule has 3 aliphatic rings. The van der Waals surface area contributed by atoms with Crippen LogP contribution in [0, 0.1) is 17.3 Å². The van der Waals surface area contributed by atoms with Gasteiger partial charge in [0, 0.05) is 20.5 Å². The molecule has 6 heteroatoms. The third-order valence-corrected chi connectivity index (χ3v) is 10.5. The molecular formula is C30H44O4S2. The van der Waals surface area contributed by atoms with Crippen molar-refractivity contribution >= 4 is 28.6 Å². The van der Waals surface area contributed by atoms with Crippen LogP contribution in [0.3, 0.4) is 0 Å². The van der Waals surface area contributed by atoms with Crippen molar-refractivity contribution in [3.8, 4) is 0 Å². The molecule has 1 aromatic carbocycles. The van der Waals surface area contributed by atoms with Crippen LogP contribution < -0.4 is 0 Å². The van der Waals surface area contributed by atoms with Crippen LogP contribution in [0.1, 0.15) is 87.5 Å². The maximum absolute atomic E-state index is 14.0. The van der Waals surface area contributed by atoms with E-state index in [2.05, 4.69) is 53.7 Å². The molecule has 4 rings (SSSR count). The van der Waals surface area contributed by atoms with E-state index in [1.807, 2.05) is 32.0 Å². The third-order valence-electron chi connectivity index (χ3n) is 8.09. The molecule has 1 heterocycles. The molecular weight excluding hydrogens is 488 g/mol. The quantitative estimate of drug-likeness (QED) is 0.407. The molecule has 0 aromatic heterocycles. The van der Waals surface area contributed by atoms with Crippen molar-refractivity contribution < 1.29 is 19.4 Å². The van der Waals surface area contributed by atoms with E-state index in [4.69, 9.17) is 9.47 Å². The van der Waals surface area contributed by atoms with Crippen molar-refractivity contribution in [2.24, 2.45) is 17.3 Å². The summed E-state index contributed by atoms with van der Waals surface area (Å²) in [6.07, 6.45) is 3.64. The summed E-state index contributed by atoms with van der Waals surface area (Å²) < 4.78 is 12.5. The summed E-state index contributed by atoms with van der Waals surface area (Å²) in [5.74, 6) is -0.563. The molecule has 0 amide bonds. The molecule has 36 heavy (non-hydrogen) atoms. The van der Waals surface area contributed by atoms with Crippen LogP contribution in [-0.2, 0) is 14.3 Å². The van der Waals surface area contributed by atoms with E-state index in [1.165, 1.54) is 17.3 Å². The molecule has 4 nitrogen and oxygen atoms in total. The van der Waals surface area contributed by atoms with Gasteiger partial charge in [0.1, 0.15) is 0 Å². The lowest BCUT2D eigenvalue weighted by Gasteiger charge is -2.43. The standard InChI is InChI=1S/C30H44O4S2/c1-27(2,3)36-26(32)20(18-24-28(4,5)34-29(6,7)33-24)21-14-15-22-25(23(31)16-17-30(21,22)8)35-19-12-10-9-11-13-19/h9-13,20-21,23-24,31H,14-18H2,1-8H3/t20-,21-,23+,24-,30-/m0/s1. The fourth-order valence-corrected chi connectivity index (χ4v) is 8.88. The lowest BCUT2D eigenvalue weighted by atomic mass is 9.65. The summed E-state index contributed by atoms with van der Waals surface area (Å²) in [6, 6.07) is 10.3. The third kappa shape index (κ3) is 5.93. The largest absolute Gasteiger partial charge is 0.388 e. The Morgan fingerprint density at radius 1 is 1.11 bits per heavy atom. The predicted octanol–water partition coefficient (Wildman–Crippen LogP) is 7.60. The van der Waals surface area contributed by atoms with Crippen LogP contribution in [0.15, 0.2) is 45.7 Å². The van der Waals surface area contributed by atoms with Crippen molar-refractivity contribution in [3.05, 3.63) is 40.8 Å². The van der Waals surface area contributed by atoms with Crippen molar-refractivity contribution in [2.45, 2.75) is 121 Å². The fraction of sp³-hybridized carbons (Fsp3) is 0.700. The Labute approximate surface area is 226 Å². The normalized spacial score (nSPS) is 32.4. The second-order valence-corrected chi connectivity index (χ2v) is 15.9. The number of allylic oxidation sites excluding steroid dienone is 1. The Morgan fingerprint density at radius 3 is 2.36 bits per heavy atom. The smallest absolute Gasteiger partial charge is 0.192 e. The molecule has 0 bridgehead atoms. The SMILES string of the molecule is CC1(C)O[C@@H](C[C@H](C(=O)SC(C)(C)C)[C@@H]2CCC3=C(Sc4ccccc4)[C@H](O)CC[C@]32C)C(C)(C)O1. The first kappa shape index (κ1) is 28.2. The molecule has 0 radical (unpaired) electrons. The van der Waals surface area contributed by atoms with E-state index in [0.29, 0.717) is 6.42 Å². The zero-order valence-electron chi connectivity index (χ0n) is 23.2. The van der Waals surface area contributed by atoms with Crippen molar-refractivity contribution in [3.63, 3.8) is 0 Å². The van der Waals surface area contributed by atoms with Crippen molar-refractivity contribution in [1.82, 2.24) is 0 Å². The first-order chi connectivity index (χ1) is 16.6. The van der Waals surface area contributed by atoms with Gasteiger partial charge in [0.2, 0.25) is 0 Å². The van der Waals surface area contributed by atoms with Gasteiger partial charge in [-0.15, -0.1) is 0 Å². The predicted molar refractivity (Wildman–Crippen MR) is 150 cm³/mol. The number of benzene rings is 1. The molecule has 0 spiro atoms. The number of aliphatic hydroxyl groups excluding tert-OH is 1. The van der Waals surface area contributed by atoms with Crippen LogP contribution in [0.25, 0.3) is 0 Å². The van der Waals surface area contributed by atoms with Gasteiger partial charge in [0.25, 0.3) is 0 Å². The Balaban J connectivity index is 1.68. The molecule has 1 aromatic rings. The maximum Gasteiger partial charge on any atom is 0.192 e. The van der Waals surface area contributed by atoms with Crippen LogP contribution in [0.4, 0.5) is 0 Å². The van der Waals surface area contributed by atoms with E-state index >= 15 is 0 Å². The summed E-state index contributed by atoms with van der Waals surface area (Å²) in [6.45, 7) is 16.8. The Morgan fingerprint density at radius 2 is 1.78 bits per heavy atom. The highest BCUT2D eigenvalue weighted by Crippen LogP contribution is 2.61. The minimum absolute atomic E-state index is 0.103. The lowest BCUT2D eigenvalue weighted by molar-refractivity contribution is -0.158. The van der Waals surface area contributed by atoms with Crippen molar-refractivity contribution in [2.75, 3.05) is 0 Å². The molecule has 2 fully saturated rings. The molecule has 200 valence electrons. The molecule has 1 N–H and O–H groups in total. The van der Waals surface area contributed by atoms with Gasteiger partial charge in [-0.25, -0.2) is 0 Å². The van der Waals surface area contributed by atoms with Crippen molar-refractivity contribution in [1.29, 1.82) is 0 Å². The van der Waals surface area contributed by atoms with Gasteiger partial charge in [0.15, 0.2) is 10.9 Å². The Hall–Kier alpha value is -0.790. The van der Waals surface area contributed by atoms with Gasteiger partial charge in [-0.05, 0) is 83.3 Å². The second kappa shape index (κ2) is 10.1. The van der Waals surface area contributed by atoms with Gasteiger partial charge in [0.05, 0.1) is 17.8 Å². The molecule has 0 unspecified atom stereocenters.